The van der Waals surface area contributed by atoms with E-state index < -0.39 is 9.84 Å². The number of carbonyl (C=O) groups is 1. The van der Waals surface area contributed by atoms with Gasteiger partial charge in [-0.2, -0.15) is 0 Å². The number of anilines is 1. The van der Waals surface area contributed by atoms with Gasteiger partial charge < -0.3 is 9.73 Å². The molecule has 6 nitrogen and oxygen atoms in total. The van der Waals surface area contributed by atoms with E-state index in [9.17, 15) is 13.2 Å². The van der Waals surface area contributed by atoms with E-state index in [0.29, 0.717) is 33.8 Å². The van der Waals surface area contributed by atoms with Gasteiger partial charge >= 0.3 is 0 Å². The molecule has 0 aliphatic heterocycles. The number of oxazole rings is 1. The SMILES string of the molecule is Cc1ccc(S(C)(=O)=O)cc1C(=O)Nc1ccc2oc(C3CC3)nc2c1. The maximum atomic E-state index is 12.6. The number of hydrogen-bond acceptors (Lipinski definition) is 5. The van der Waals surface area contributed by atoms with Crippen LogP contribution < -0.4 is 5.32 Å². The molecule has 0 unspecified atom stereocenters. The Hall–Kier alpha value is -2.67. The van der Waals surface area contributed by atoms with Crippen molar-refractivity contribution in [2.24, 2.45) is 0 Å². The molecule has 26 heavy (non-hydrogen) atoms. The fourth-order valence-corrected chi connectivity index (χ4v) is 3.45. The highest BCUT2D eigenvalue weighted by Crippen LogP contribution is 2.40. The molecular formula is C19H18N2O4S. The van der Waals surface area contributed by atoms with Gasteiger partial charge in [0.05, 0.1) is 4.90 Å². The molecule has 0 atom stereocenters. The first-order valence-electron chi connectivity index (χ1n) is 8.34. The summed E-state index contributed by atoms with van der Waals surface area (Å²) in [5.41, 5.74) is 3.01. The van der Waals surface area contributed by atoms with Crippen molar-refractivity contribution >= 4 is 32.5 Å². The molecule has 1 fully saturated rings. The summed E-state index contributed by atoms with van der Waals surface area (Å²) in [5.74, 6) is 0.806. The molecule has 1 aromatic heterocycles. The van der Waals surface area contributed by atoms with Gasteiger partial charge in [-0.1, -0.05) is 6.07 Å². The summed E-state index contributed by atoms with van der Waals surface area (Å²) in [6, 6.07) is 9.83. The van der Waals surface area contributed by atoms with Gasteiger partial charge in [0.2, 0.25) is 0 Å². The van der Waals surface area contributed by atoms with Crippen LogP contribution in [-0.4, -0.2) is 25.6 Å². The van der Waals surface area contributed by atoms with Gasteiger partial charge in [-0.15, -0.1) is 0 Å². The number of sulfone groups is 1. The van der Waals surface area contributed by atoms with E-state index >= 15 is 0 Å². The molecule has 3 aromatic rings. The Morgan fingerprint density at radius 3 is 2.65 bits per heavy atom. The summed E-state index contributed by atoms with van der Waals surface area (Å²) < 4.78 is 29.2. The molecular weight excluding hydrogens is 352 g/mol. The van der Waals surface area contributed by atoms with E-state index in [1.54, 1.807) is 31.2 Å². The van der Waals surface area contributed by atoms with Gasteiger partial charge in [-0.3, -0.25) is 4.79 Å². The van der Waals surface area contributed by atoms with Crippen molar-refractivity contribution in [3.63, 3.8) is 0 Å². The minimum absolute atomic E-state index is 0.120. The zero-order valence-corrected chi connectivity index (χ0v) is 15.3. The number of aryl methyl sites for hydroxylation is 1. The Kier molecular flexibility index (Phi) is 3.84. The average Bonchev–Trinajstić information content (AvgIpc) is 3.34. The lowest BCUT2D eigenvalue weighted by molar-refractivity contribution is 0.102. The van der Waals surface area contributed by atoms with E-state index in [1.807, 2.05) is 0 Å². The molecule has 1 amide bonds. The second-order valence-corrected chi connectivity index (χ2v) is 8.73. The summed E-state index contributed by atoms with van der Waals surface area (Å²) in [4.78, 5) is 17.2. The quantitative estimate of drug-likeness (QED) is 0.757. The van der Waals surface area contributed by atoms with Gasteiger partial charge in [0, 0.05) is 23.4 Å². The first kappa shape index (κ1) is 16.8. The van der Waals surface area contributed by atoms with Crippen LogP contribution in [0.15, 0.2) is 45.7 Å². The van der Waals surface area contributed by atoms with E-state index in [0.717, 1.165) is 25.0 Å². The number of rotatable bonds is 4. The first-order valence-corrected chi connectivity index (χ1v) is 10.2. The topological polar surface area (TPSA) is 89.3 Å². The zero-order valence-electron chi connectivity index (χ0n) is 14.4. The third-order valence-corrected chi connectivity index (χ3v) is 5.58. The summed E-state index contributed by atoms with van der Waals surface area (Å²) in [5, 5.41) is 2.81. The smallest absolute Gasteiger partial charge is 0.255 e. The van der Waals surface area contributed by atoms with Crippen LogP contribution in [0.4, 0.5) is 5.69 Å². The molecule has 0 radical (unpaired) electrons. The molecule has 0 bridgehead atoms. The van der Waals surface area contributed by atoms with Crippen LogP contribution >= 0.6 is 0 Å². The Morgan fingerprint density at radius 2 is 1.96 bits per heavy atom. The summed E-state index contributed by atoms with van der Waals surface area (Å²) in [7, 11) is -3.38. The molecule has 1 aliphatic rings. The van der Waals surface area contributed by atoms with Crippen LogP contribution in [0.2, 0.25) is 0 Å². The molecule has 134 valence electrons. The van der Waals surface area contributed by atoms with Crippen LogP contribution in [0, 0.1) is 6.92 Å². The Morgan fingerprint density at radius 1 is 1.19 bits per heavy atom. The fraction of sp³-hybridized carbons (Fsp3) is 0.263. The number of aromatic nitrogens is 1. The standard InChI is InChI=1S/C19H18N2O4S/c1-11-3-7-14(26(2,23)24)10-15(11)18(22)20-13-6-8-17-16(9-13)21-19(25-17)12-4-5-12/h3,6-10,12H,4-5H2,1-2H3,(H,20,22). The number of hydrogen-bond donors (Lipinski definition) is 1. The summed E-state index contributed by atoms with van der Waals surface area (Å²) >= 11 is 0. The number of amides is 1. The predicted molar refractivity (Wildman–Crippen MR) is 98.2 cm³/mol. The lowest BCUT2D eigenvalue weighted by Gasteiger charge is -2.09. The van der Waals surface area contributed by atoms with Gasteiger partial charge in [0.25, 0.3) is 5.91 Å². The highest BCUT2D eigenvalue weighted by atomic mass is 32.2. The lowest BCUT2D eigenvalue weighted by Crippen LogP contribution is -2.14. The van der Waals surface area contributed by atoms with Crippen molar-refractivity contribution in [3.05, 3.63) is 53.4 Å². The largest absolute Gasteiger partial charge is 0.440 e. The van der Waals surface area contributed by atoms with E-state index in [4.69, 9.17) is 4.42 Å². The molecule has 1 N–H and O–H groups in total. The molecule has 1 aliphatic carbocycles. The van der Waals surface area contributed by atoms with Crippen LogP contribution in [-0.2, 0) is 9.84 Å². The van der Waals surface area contributed by atoms with Crippen molar-refractivity contribution in [3.8, 4) is 0 Å². The molecule has 0 spiro atoms. The van der Waals surface area contributed by atoms with Crippen LogP contribution in [0.25, 0.3) is 11.1 Å². The lowest BCUT2D eigenvalue weighted by atomic mass is 10.1. The van der Waals surface area contributed by atoms with Crippen LogP contribution in [0.3, 0.4) is 0 Å². The summed E-state index contributed by atoms with van der Waals surface area (Å²) in [6.07, 6.45) is 3.33. The molecule has 1 heterocycles. The highest BCUT2D eigenvalue weighted by molar-refractivity contribution is 7.90. The van der Waals surface area contributed by atoms with Crippen molar-refractivity contribution in [1.29, 1.82) is 0 Å². The molecule has 7 heteroatoms. The number of nitrogens with one attached hydrogen (secondary N) is 1. The maximum Gasteiger partial charge on any atom is 0.255 e. The third-order valence-electron chi connectivity index (χ3n) is 4.47. The van der Waals surface area contributed by atoms with Crippen LogP contribution in [0.5, 0.6) is 0 Å². The monoisotopic (exact) mass is 370 g/mol. The first-order chi connectivity index (χ1) is 12.3. The second-order valence-electron chi connectivity index (χ2n) is 6.71. The number of benzene rings is 2. The van der Waals surface area contributed by atoms with Crippen molar-refractivity contribution in [1.82, 2.24) is 4.98 Å². The van der Waals surface area contributed by atoms with Gasteiger partial charge in [-0.25, -0.2) is 13.4 Å². The van der Waals surface area contributed by atoms with Crippen molar-refractivity contribution < 1.29 is 17.6 Å². The molecule has 0 saturated heterocycles. The molecule has 4 rings (SSSR count). The van der Waals surface area contributed by atoms with E-state index in [-0.39, 0.29) is 10.8 Å². The van der Waals surface area contributed by atoms with E-state index in [2.05, 4.69) is 10.3 Å². The highest BCUT2D eigenvalue weighted by Gasteiger charge is 2.28. The Labute approximate surface area is 151 Å². The number of fused-ring (bicyclic) bond motifs is 1. The Bertz CT molecular complexity index is 1130. The van der Waals surface area contributed by atoms with Crippen molar-refractivity contribution in [2.45, 2.75) is 30.6 Å². The van der Waals surface area contributed by atoms with Crippen LogP contribution in [0.1, 0.15) is 40.6 Å². The predicted octanol–water partition coefficient (Wildman–Crippen LogP) is 3.67. The average molecular weight is 370 g/mol. The third kappa shape index (κ3) is 3.22. The minimum atomic E-state index is -3.38. The minimum Gasteiger partial charge on any atom is -0.440 e. The van der Waals surface area contributed by atoms with Gasteiger partial charge in [0.1, 0.15) is 5.52 Å². The molecule has 2 aromatic carbocycles. The van der Waals surface area contributed by atoms with Crippen molar-refractivity contribution in [2.75, 3.05) is 11.6 Å². The maximum absolute atomic E-state index is 12.6. The normalized spacial score (nSPS) is 14.5. The summed E-state index contributed by atoms with van der Waals surface area (Å²) in [6.45, 7) is 1.77. The molecule has 1 saturated carbocycles. The number of nitrogens with zero attached hydrogens (tertiary/aromatic N) is 1. The number of carbonyl (C=O) groups excluding carboxylic acids is 1. The zero-order chi connectivity index (χ0) is 18.5. The van der Waals surface area contributed by atoms with Gasteiger partial charge in [0.15, 0.2) is 21.3 Å². The fourth-order valence-electron chi connectivity index (χ4n) is 2.80. The Balaban J connectivity index is 1.62. The van der Waals surface area contributed by atoms with Gasteiger partial charge in [-0.05, 0) is 55.7 Å². The van der Waals surface area contributed by atoms with E-state index in [1.165, 1.54) is 12.1 Å². The second kappa shape index (κ2) is 5.95.